The van der Waals surface area contributed by atoms with Crippen LogP contribution in [0.1, 0.15) is 16.7 Å². The summed E-state index contributed by atoms with van der Waals surface area (Å²) in [6.45, 7) is 5.87. The van der Waals surface area contributed by atoms with Crippen molar-refractivity contribution in [2.24, 2.45) is 0 Å². The van der Waals surface area contributed by atoms with Crippen LogP contribution in [0, 0.1) is 20.8 Å². The highest BCUT2D eigenvalue weighted by Gasteiger charge is 2.12. The Bertz CT molecular complexity index is 1630. The van der Waals surface area contributed by atoms with Crippen molar-refractivity contribution in [3.8, 4) is 28.4 Å². The minimum absolute atomic E-state index is 0.536. The number of rotatable bonds is 4. The second kappa shape index (κ2) is 8.44. The van der Waals surface area contributed by atoms with Crippen LogP contribution in [0.4, 0.5) is 0 Å². The number of hydrogen-bond donors (Lipinski definition) is 1. The van der Waals surface area contributed by atoms with E-state index in [1.165, 1.54) is 0 Å². The Hall–Kier alpha value is -4.52. The van der Waals surface area contributed by atoms with Crippen LogP contribution >= 0.6 is 0 Å². The number of aromatic amines is 1. The van der Waals surface area contributed by atoms with Crippen LogP contribution in [0.5, 0.6) is 11.5 Å². The van der Waals surface area contributed by atoms with Crippen LogP contribution in [-0.4, -0.2) is 19.7 Å². The van der Waals surface area contributed by atoms with E-state index in [2.05, 4.69) is 35.2 Å². The first kappa shape index (κ1) is 21.3. The van der Waals surface area contributed by atoms with E-state index in [1.54, 1.807) is 12.1 Å². The van der Waals surface area contributed by atoms with Gasteiger partial charge >= 0.3 is 5.69 Å². The Labute approximate surface area is 195 Å². The maximum atomic E-state index is 12.1. The molecule has 7 heteroatoms. The molecule has 0 unspecified atom stereocenters. The maximum Gasteiger partial charge on any atom is 0.349 e. The molecule has 168 valence electrons. The quantitative estimate of drug-likeness (QED) is 0.423. The Balaban J connectivity index is 1.49. The standard InChI is InChI=1S/C27H22N4O3/c1-16-11-20-14-22(9-10-23(20)29-25(16)19-7-5-4-6-8-19)34-26-17(2)12-21(13-18(26)3)31-27(33)30-24(32)15-28-31/h4-15H,1-3H3,(H,30,32,33). The number of fused-ring (bicyclic) bond motifs is 1. The monoisotopic (exact) mass is 450 g/mol. The molecule has 2 aromatic heterocycles. The summed E-state index contributed by atoms with van der Waals surface area (Å²) in [5.41, 5.74) is 5.14. The van der Waals surface area contributed by atoms with Gasteiger partial charge in [0.15, 0.2) is 0 Å². The first-order valence-electron chi connectivity index (χ1n) is 10.8. The first-order valence-corrected chi connectivity index (χ1v) is 10.8. The summed E-state index contributed by atoms with van der Waals surface area (Å²) >= 11 is 0. The smallest absolute Gasteiger partial charge is 0.349 e. The van der Waals surface area contributed by atoms with Gasteiger partial charge in [-0.25, -0.2) is 9.78 Å². The lowest BCUT2D eigenvalue weighted by molar-refractivity contribution is 0.475. The predicted octanol–water partition coefficient (Wildman–Crippen LogP) is 4.85. The Morgan fingerprint density at radius 2 is 1.59 bits per heavy atom. The number of ether oxygens (including phenoxy) is 1. The number of hydrogen-bond acceptors (Lipinski definition) is 5. The minimum atomic E-state index is -0.591. The molecule has 0 amide bonds. The van der Waals surface area contributed by atoms with Gasteiger partial charge in [-0.05, 0) is 73.9 Å². The largest absolute Gasteiger partial charge is 0.457 e. The summed E-state index contributed by atoms with van der Waals surface area (Å²) in [5.74, 6) is 1.39. The molecular formula is C27H22N4O3. The van der Waals surface area contributed by atoms with Crippen molar-refractivity contribution in [2.45, 2.75) is 20.8 Å². The van der Waals surface area contributed by atoms with Crippen molar-refractivity contribution < 1.29 is 4.74 Å². The van der Waals surface area contributed by atoms with E-state index in [0.29, 0.717) is 17.2 Å². The Morgan fingerprint density at radius 3 is 2.29 bits per heavy atom. The third-order valence-corrected chi connectivity index (χ3v) is 5.65. The molecule has 0 aliphatic carbocycles. The molecule has 5 aromatic rings. The molecule has 0 aliphatic heterocycles. The summed E-state index contributed by atoms with van der Waals surface area (Å²) in [7, 11) is 0. The molecule has 3 aromatic carbocycles. The molecular weight excluding hydrogens is 428 g/mol. The van der Waals surface area contributed by atoms with Crippen LogP contribution in [0.15, 0.2) is 82.5 Å². The van der Waals surface area contributed by atoms with E-state index in [-0.39, 0.29) is 0 Å². The minimum Gasteiger partial charge on any atom is -0.457 e. The average molecular weight is 450 g/mol. The fourth-order valence-electron chi connectivity index (χ4n) is 4.08. The second-order valence-corrected chi connectivity index (χ2v) is 8.24. The number of benzene rings is 3. The number of H-pyrrole nitrogens is 1. The zero-order valence-corrected chi connectivity index (χ0v) is 19.0. The molecule has 0 saturated heterocycles. The number of aryl methyl sites for hydroxylation is 3. The molecule has 0 saturated carbocycles. The molecule has 34 heavy (non-hydrogen) atoms. The molecule has 5 rings (SSSR count). The van der Waals surface area contributed by atoms with Gasteiger partial charge in [-0.3, -0.25) is 9.78 Å². The molecule has 0 radical (unpaired) electrons. The lowest BCUT2D eigenvalue weighted by Crippen LogP contribution is -2.30. The van der Waals surface area contributed by atoms with Gasteiger partial charge in [0, 0.05) is 10.9 Å². The topological polar surface area (TPSA) is 89.9 Å². The van der Waals surface area contributed by atoms with Crippen LogP contribution < -0.4 is 16.0 Å². The highest BCUT2D eigenvalue weighted by molar-refractivity contribution is 5.84. The van der Waals surface area contributed by atoms with E-state index in [0.717, 1.165) is 49.7 Å². The van der Waals surface area contributed by atoms with Gasteiger partial charge in [0.05, 0.1) is 16.9 Å². The van der Waals surface area contributed by atoms with Crippen molar-refractivity contribution in [1.82, 2.24) is 19.7 Å². The van der Waals surface area contributed by atoms with Crippen molar-refractivity contribution >= 4 is 10.9 Å². The van der Waals surface area contributed by atoms with Crippen LogP contribution in [0.2, 0.25) is 0 Å². The van der Waals surface area contributed by atoms with Crippen molar-refractivity contribution in [3.63, 3.8) is 0 Å². The number of pyridine rings is 1. The zero-order valence-electron chi connectivity index (χ0n) is 19.0. The van der Waals surface area contributed by atoms with Crippen LogP contribution in [-0.2, 0) is 0 Å². The number of aromatic nitrogens is 4. The van der Waals surface area contributed by atoms with Crippen molar-refractivity contribution in [2.75, 3.05) is 0 Å². The summed E-state index contributed by atoms with van der Waals surface area (Å²) in [6, 6.07) is 21.7. The summed E-state index contributed by atoms with van der Waals surface area (Å²) in [5, 5.41) is 4.92. The summed E-state index contributed by atoms with van der Waals surface area (Å²) in [4.78, 5) is 30.5. The van der Waals surface area contributed by atoms with Gasteiger partial charge in [0.2, 0.25) is 0 Å². The first-order chi connectivity index (χ1) is 16.4. The molecule has 0 bridgehead atoms. The highest BCUT2D eigenvalue weighted by atomic mass is 16.5. The highest BCUT2D eigenvalue weighted by Crippen LogP contribution is 2.33. The number of nitrogens with one attached hydrogen (secondary N) is 1. The molecule has 0 spiro atoms. The Kier molecular flexibility index (Phi) is 5.30. The summed E-state index contributed by atoms with van der Waals surface area (Å²) in [6.07, 6.45) is 1.07. The predicted molar refractivity (Wildman–Crippen MR) is 132 cm³/mol. The van der Waals surface area contributed by atoms with Gasteiger partial charge in [-0.15, -0.1) is 0 Å². The Morgan fingerprint density at radius 1 is 0.853 bits per heavy atom. The van der Waals surface area contributed by atoms with Crippen LogP contribution in [0.25, 0.3) is 27.8 Å². The van der Waals surface area contributed by atoms with Gasteiger partial charge in [0.1, 0.15) is 17.7 Å². The van der Waals surface area contributed by atoms with Gasteiger partial charge in [-0.1, -0.05) is 30.3 Å². The maximum absolute atomic E-state index is 12.1. The van der Waals surface area contributed by atoms with Crippen molar-refractivity contribution in [3.05, 3.63) is 110 Å². The SMILES string of the molecule is Cc1cc2cc(Oc3c(C)cc(-n4ncc(=O)[nH]c4=O)cc3C)ccc2nc1-c1ccccc1. The fourth-order valence-corrected chi connectivity index (χ4v) is 4.08. The van der Waals surface area contributed by atoms with Gasteiger partial charge < -0.3 is 4.74 Å². The molecule has 0 aliphatic rings. The average Bonchev–Trinajstić information content (AvgIpc) is 2.81. The van der Waals surface area contributed by atoms with E-state index in [1.807, 2.05) is 50.2 Å². The van der Waals surface area contributed by atoms with Crippen molar-refractivity contribution in [1.29, 1.82) is 0 Å². The van der Waals surface area contributed by atoms with E-state index >= 15 is 0 Å². The molecule has 7 nitrogen and oxygen atoms in total. The number of nitrogens with zero attached hydrogens (tertiary/aromatic N) is 3. The van der Waals surface area contributed by atoms with E-state index < -0.39 is 11.2 Å². The third kappa shape index (κ3) is 3.99. The molecule has 0 atom stereocenters. The summed E-state index contributed by atoms with van der Waals surface area (Å²) < 4.78 is 7.40. The molecule has 0 fully saturated rings. The van der Waals surface area contributed by atoms with Gasteiger partial charge in [-0.2, -0.15) is 9.78 Å². The van der Waals surface area contributed by atoms with E-state index in [9.17, 15) is 9.59 Å². The lowest BCUT2D eigenvalue weighted by atomic mass is 10.0. The van der Waals surface area contributed by atoms with E-state index in [4.69, 9.17) is 9.72 Å². The normalized spacial score (nSPS) is 11.0. The fraction of sp³-hybridized carbons (Fsp3) is 0.111. The van der Waals surface area contributed by atoms with Crippen LogP contribution in [0.3, 0.4) is 0 Å². The second-order valence-electron chi connectivity index (χ2n) is 8.24. The van der Waals surface area contributed by atoms with Gasteiger partial charge in [0.25, 0.3) is 5.56 Å². The lowest BCUT2D eigenvalue weighted by Gasteiger charge is -2.15. The third-order valence-electron chi connectivity index (χ3n) is 5.65. The molecule has 1 N–H and O–H groups in total. The molecule has 2 heterocycles. The zero-order chi connectivity index (χ0) is 23.8.